The maximum absolute atomic E-state index is 12.2. The zero-order valence-corrected chi connectivity index (χ0v) is 17.5. The van der Waals surface area contributed by atoms with Crippen LogP contribution in [0.5, 0.6) is 0 Å². The normalized spacial score (nSPS) is 11.2. The molecule has 152 valence electrons. The highest BCUT2D eigenvalue weighted by molar-refractivity contribution is 5.89. The van der Waals surface area contributed by atoms with Gasteiger partial charge >= 0.3 is 0 Å². The van der Waals surface area contributed by atoms with E-state index in [1.54, 1.807) is 16.9 Å². The molecule has 0 unspecified atom stereocenters. The second-order valence-corrected chi connectivity index (χ2v) is 8.09. The van der Waals surface area contributed by atoms with Crippen molar-refractivity contribution >= 4 is 23.3 Å². The fourth-order valence-electron chi connectivity index (χ4n) is 2.56. The number of amides is 2. The quantitative estimate of drug-likeness (QED) is 0.685. The van der Waals surface area contributed by atoms with Gasteiger partial charge < -0.3 is 15.5 Å². The Kier molecular flexibility index (Phi) is 7.20. The van der Waals surface area contributed by atoms with E-state index in [2.05, 4.69) is 40.0 Å². The van der Waals surface area contributed by atoms with E-state index in [0.717, 1.165) is 11.3 Å². The monoisotopic (exact) mass is 385 g/mol. The van der Waals surface area contributed by atoms with E-state index < -0.39 is 5.41 Å². The van der Waals surface area contributed by atoms with Crippen molar-refractivity contribution in [3.8, 4) is 0 Å². The summed E-state index contributed by atoms with van der Waals surface area (Å²) in [4.78, 5) is 26.1. The lowest BCUT2D eigenvalue weighted by atomic mass is 9.96. The second-order valence-electron chi connectivity index (χ2n) is 8.09. The third-order valence-electron chi connectivity index (χ3n) is 4.32. The zero-order chi connectivity index (χ0) is 20.7. The number of anilines is 2. The standard InChI is InChI=1S/C21H31N5O2/c1-21(2,3)20(28)22-13-6-7-19(27)24-18-12-14-23-26(18)15-16-8-10-17(11-9-16)25(4)5/h8-12,14H,6-7,13,15H2,1-5H3,(H,22,28)(H,24,27). The molecule has 0 bridgehead atoms. The van der Waals surface area contributed by atoms with Gasteiger partial charge in [0.2, 0.25) is 11.8 Å². The molecule has 0 saturated carbocycles. The minimum absolute atomic E-state index is 0.00808. The summed E-state index contributed by atoms with van der Waals surface area (Å²) >= 11 is 0. The Labute approximate surface area is 167 Å². The number of nitrogens with zero attached hydrogens (tertiary/aromatic N) is 3. The minimum atomic E-state index is -0.417. The molecular formula is C21H31N5O2. The second kappa shape index (κ2) is 9.39. The summed E-state index contributed by atoms with van der Waals surface area (Å²) in [7, 11) is 4.01. The summed E-state index contributed by atoms with van der Waals surface area (Å²) in [6.07, 6.45) is 2.61. The van der Waals surface area contributed by atoms with Gasteiger partial charge in [-0.1, -0.05) is 32.9 Å². The molecule has 1 heterocycles. The number of hydrogen-bond acceptors (Lipinski definition) is 4. The molecule has 0 saturated heterocycles. The van der Waals surface area contributed by atoms with Crippen molar-refractivity contribution in [2.24, 2.45) is 5.41 Å². The van der Waals surface area contributed by atoms with Crippen LogP contribution in [0.15, 0.2) is 36.5 Å². The van der Waals surface area contributed by atoms with Crippen LogP contribution in [0.1, 0.15) is 39.2 Å². The van der Waals surface area contributed by atoms with Crippen LogP contribution in [-0.4, -0.2) is 42.2 Å². The molecule has 28 heavy (non-hydrogen) atoms. The number of benzene rings is 1. The van der Waals surface area contributed by atoms with Gasteiger partial charge in [-0.05, 0) is 24.1 Å². The lowest BCUT2D eigenvalue weighted by Gasteiger charge is -2.17. The molecule has 0 fully saturated rings. The Bertz CT molecular complexity index is 788. The van der Waals surface area contributed by atoms with Gasteiger partial charge in [0.25, 0.3) is 0 Å². The van der Waals surface area contributed by atoms with Gasteiger partial charge in [-0.15, -0.1) is 0 Å². The van der Waals surface area contributed by atoms with Crippen molar-refractivity contribution in [2.45, 2.75) is 40.2 Å². The maximum atomic E-state index is 12.2. The van der Waals surface area contributed by atoms with Crippen LogP contribution in [0.25, 0.3) is 0 Å². The van der Waals surface area contributed by atoms with Crippen LogP contribution in [0.2, 0.25) is 0 Å². The summed E-state index contributed by atoms with van der Waals surface area (Å²) in [5.41, 5.74) is 1.82. The highest BCUT2D eigenvalue weighted by atomic mass is 16.2. The largest absolute Gasteiger partial charge is 0.378 e. The molecule has 0 aliphatic heterocycles. The van der Waals surface area contributed by atoms with Crippen molar-refractivity contribution in [3.63, 3.8) is 0 Å². The zero-order valence-electron chi connectivity index (χ0n) is 17.5. The first kappa shape index (κ1) is 21.5. The Morgan fingerprint density at radius 2 is 1.79 bits per heavy atom. The van der Waals surface area contributed by atoms with Gasteiger partial charge in [0.05, 0.1) is 12.7 Å². The van der Waals surface area contributed by atoms with Crippen molar-refractivity contribution < 1.29 is 9.59 Å². The summed E-state index contributed by atoms with van der Waals surface area (Å²) in [5.74, 6) is 0.571. The van der Waals surface area contributed by atoms with Crippen LogP contribution in [0.3, 0.4) is 0 Å². The molecule has 7 nitrogen and oxygen atoms in total. The maximum Gasteiger partial charge on any atom is 0.225 e. The highest BCUT2D eigenvalue weighted by Gasteiger charge is 2.20. The first-order valence-electron chi connectivity index (χ1n) is 9.53. The first-order valence-corrected chi connectivity index (χ1v) is 9.53. The predicted molar refractivity (Wildman–Crippen MR) is 112 cm³/mol. The van der Waals surface area contributed by atoms with Gasteiger partial charge in [-0.3, -0.25) is 9.59 Å². The fraction of sp³-hybridized carbons (Fsp3) is 0.476. The molecule has 0 radical (unpaired) electrons. The third kappa shape index (κ3) is 6.40. The number of hydrogen-bond donors (Lipinski definition) is 2. The lowest BCUT2D eigenvalue weighted by molar-refractivity contribution is -0.128. The van der Waals surface area contributed by atoms with Crippen molar-refractivity contribution in [1.82, 2.24) is 15.1 Å². The van der Waals surface area contributed by atoms with Gasteiger partial charge in [0.15, 0.2) is 0 Å². The molecule has 2 N–H and O–H groups in total. The van der Waals surface area contributed by atoms with Crippen LogP contribution in [0, 0.1) is 5.41 Å². The van der Waals surface area contributed by atoms with Crippen molar-refractivity contribution in [1.29, 1.82) is 0 Å². The molecule has 1 aromatic carbocycles. The molecule has 7 heteroatoms. The van der Waals surface area contributed by atoms with Gasteiger partial charge in [-0.25, -0.2) is 4.68 Å². The summed E-state index contributed by atoms with van der Waals surface area (Å²) in [5, 5.41) is 10.1. The Morgan fingerprint density at radius 1 is 1.11 bits per heavy atom. The van der Waals surface area contributed by atoms with E-state index in [4.69, 9.17) is 0 Å². The number of carbonyl (C=O) groups is 2. The lowest BCUT2D eigenvalue weighted by Crippen LogP contribution is -2.35. The Hall–Kier alpha value is -2.83. The van der Waals surface area contributed by atoms with Crippen LogP contribution >= 0.6 is 0 Å². The third-order valence-corrected chi connectivity index (χ3v) is 4.32. The average Bonchev–Trinajstić information content (AvgIpc) is 3.04. The number of aromatic nitrogens is 2. The molecule has 1 aromatic heterocycles. The molecule has 0 aliphatic carbocycles. The molecule has 2 aromatic rings. The van der Waals surface area contributed by atoms with E-state index in [1.807, 2.05) is 39.8 Å². The topological polar surface area (TPSA) is 79.3 Å². The number of rotatable bonds is 8. The van der Waals surface area contributed by atoms with E-state index >= 15 is 0 Å². The van der Waals surface area contributed by atoms with Crippen LogP contribution < -0.4 is 15.5 Å². The minimum Gasteiger partial charge on any atom is -0.378 e. The summed E-state index contributed by atoms with van der Waals surface area (Å²) < 4.78 is 1.77. The SMILES string of the molecule is CN(C)c1ccc(Cn2nccc2NC(=O)CCCNC(=O)C(C)(C)C)cc1. The van der Waals surface area contributed by atoms with Gasteiger partial charge in [0.1, 0.15) is 5.82 Å². The Morgan fingerprint density at radius 3 is 2.39 bits per heavy atom. The van der Waals surface area contributed by atoms with E-state index in [0.29, 0.717) is 31.7 Å². The van der Waals surface area contributed by atoms with Crippen molar-refractivity contribution in [2.75, 3.05) is 30.9 Å². The van der Waals surface area contributed by atoms with E-state index in [9.17, 15) is 9.59 Å². The molecule has 2 rings (SSSR count). The summed E-state index contributed by atoms with van der Waals surface area (Å²) in [6.45, 7) is 6.66. The van der Waals surface area contributed by atoms with Crippen LogP contribution in [0.4, 0.5) is 11.5 Å². The van der Waals surface area contributed by atoms with E-state index in [1.165, 1.54) is 0 Å². The van der Waals surface area contributed by atoms with Crippen molar-refractivity contribution in [3.05, 3.63) is 42.1 Å². The average molecular weight is 386 g/mol. The molecule has 0 spiro atoms. The molecule has 0 atom stereocenters. The molecule has 0 aliphatic rings. The van der Waals surface area contributed by atoms with Gasteiger partial charge in [0, 0.05) is 44.2 Å². The Balaban J connectivity index is 1.83. The fourth-order valence-corrected chi connectivity index (χ4v) is 2.56. The van der Waals surface area contributed by atoms with Crippen LogP contribution in [-0.2, 0) is 16.1 Å². The first-order chi connectivity index (χ1) is 13.2. The summed E-state index contributed by atoms with van der Waals surface area (Å²) in [6, 6.07) is 10.0. The highest BCUT2D eigenvalue weighted by Crippen LogP contribution is 2.15. The van der Waals surface area contributed by atoms with Gasteiger partial charge in [-0.2, -0.15) is 5.10 Å². The predicted octanol–water partition coefficient (Wildman–Crippen LogP) is 2.88. The molecular weight excluding hydrogens is 354 g/mol. The number of nitrogens with one attached hydrogen (secondary N) is 2. The molecule has 2 amide bonds. The smallest absolute Gasteiger partial charge is 0.225 e. The number of carbonyl (C=O) groups excluding carboxylic acids is 2. The van der Waals surface area contributed by atoms with E-state index in [-0.39, 0.29) is 11.8 Å².